The second kappa shape index (κ2) is 6.19. The predicted molar refractivity (Wildman–Crippen MR) is 98.5 cm³/mol. The molecule has 2 heterocycles. The molecule has 0 amide bonds. The molecule has 5 heteroatoms. The van der Waals surface area contributed by atoms with Crippen molar-refractivity contribution in [2.45, 2.75) is 13.1 Å². The Balaban J connectivity index is 1.59. The van der Waals surface area contributed by atoms with E-state index in [4.69, 9.17) is 0 Å². The van der Waals surface area contributed by atoms with Crippen molar-refractivity contribution in [2.75, 3.05) is 7.05 Å². The Morgan fingerprint density at radius 2 is 1.96 bits per heavy atom. The summed E-state index contributed by atoms with van der Waals surface area (Å²) in [6.07, 6.45) is 1.76. The van der Waals surface area contributed by atoms with Gasteiger partial charge in [-0.05, 0) is 23.4 Å². The standard InChI is InChI=1S/C19H17N3OS/c1-21(12-15-7-4-6-14-5-2-3-8-17(14)15)13-16-11-18(23)22-9-10-24-19(22)20-16/h2-11H,12-13H2,1H3. The van der Waals surface area contributed by atoms with Crippen molar-refractivity contribution in [1.82, 2.24) is 14.3 Å². The second-order valence-corrected chi connectivity index (χ2v) is 6.82. The van der Waals surface area contributed by atoms with Gasteiger partial charge in [0.1, 0.15) is 0 Å². The van der Waals surface area contributed by atoms with Gasteiger partial charge in [-0.2, -0.15) is 0 Å². The smallest absolute Gasteiger partial charge is 0.258 e. The molecule has 0 aliphatic heterocycles. The molecule has 120 valence electrons. The van der Waals surface area contributed by atoms with Crippen molar-refractivity contribution in [3.05, 3.63) is 81.7 Å². The van der Waals surface area contributed by atoms with Crippen molar-refractivity contribution in [2.24, 2.45) is 0 Å². The monoisotopic (exact) mass is 335 g/mol. The third kappa shape index (κ3) is 2.84. The summed E-state index contributed by atoms with van der Waals surface area (Å²) in [5, 5.41) is 4.40. The number of fused-ring (bicyclic) bond motifs is 2. The van der Waals surface area contributed by atoms with Crippen molar-refractivity contribution in [3.8, 4) is 0 Å². The number of thiazole rings is 1. The molecule has 0 fully saturated rings. The molecule has 0 aliphatic rings. The van der Waals surface area contributed by atoms with E-state index in [2.05, 4.69) is 59.4 Å². The molecule has 4 nitrogen and oxygen atoms in total. The number of aromatic nitrogens is 2. The lowest BCUT2D eigenvalue weighted by Crippen LogP contribution is -2.21. The molecular formula is C19H17N3OS. The molecule has 0 saturated heterocycles. The van der Waals surface area contributed by atoms with Crippen molar-refractivity contribution >= 4 is 27.1 Å². The van der Waals surface area contributed by atoms with E-state index in [0.29, 0.717) is 6.54 Å². The number of benzene rings is 2. The van der Waals surface area contributed by atoms with E-state index >= 15 is 0 Å². The van der Waals surface area contributed by atoms with Gasteiger partial charge in [0.2, 0.25) is 0 Å². The summed E-state index contributed by atoms with van der Waals surface area (Å²) < 4.78 is 1.58. The second-order valence-electron chi connectivity index (χ2n) is 5.95. The Morgan fingerprint density at radius 1 is 1.12 bits per heavy atom. The summed E-state index contributed by atoms with van der Waals surface area (Å²) >= 11 is 1.48. The van der Waals surface area contributed by atoms with Crippen LogP contribution in [-0.2, 0) is 13.1 Å². The van der Waals surface area contributed by atoms with Crippen LogP contribution in [0.25, 0.3) is 15.7 Å². The van der Waals surface area contributed by atoms with Gasteiger partial charge in [-0.25, -0.2) is 4.98 Å². The van der Waals surface area contributed by atoms with Crippen molar-refractivity contribution in [3.63, 3.8) is 0 Å². The largest absolute Gasteiger partial charge is 0.296 e. The van der Waals surface area contributed by atoms with E-state index in [1.165, 1.54) is 27.7 Å². The van der Waals surface area contributed by atoms with E-state index < -0.39 is 0 Å². The van der Waals surface area contributed by atoms with E-state index in [1.54, 1.807) is 16.7 Å². The summed E-state index contributed by atoms with van der Waals surface area (Å²) in [5.41, 5.74) is 2.07. The highest BCUT2D eigenvalue weighted by Gasteiger charge is 2.08. The van der Waals surface area contributed by atoms with Gasteiger partial charge in [-0.3, -0.25) is 14.1 Å². The molecule has 4 rings (SSSR count). The fraction of sp³-hybridized carbons (Fsp3) is 0.158. The van der Waals surface area contributed by atoms with Crippen LogP contribution in [0.2, 0.25) is 0 Å². The highest BCUT2D eigenvalue weighted by Crippen LogP contribution is 2.20. The van der Waals surface area contributed by atoms with Crippen LogP contribution in [0.1, 0.15) is 11.3 Å². The van der Waals surface area contributed by atoms with Gasteiger partial charge in [0.05, 0.1) is 5.69 Å². The van der Waals surface area contributed by atoms with E-state index in [0.717, 1.165) is 17.2 Å². The average Bonchev–Trinajstić information content (AvgIpc) is 3.04. The number of hydrogen-bond donors (Lipinski definition) is 0. The average molecular weight is 335 g/mol. The Morgan fingerprint density at radius 3 is 2.88 bits per heavy atom. The molecule has 0 atom stereocenters. The van der Waals surface area contributed by atoms with Crippen LogP contribution in [0.5, 0.6) is 0 Å². The molecule has 0 spiro atoms. The molecule has 2 aromatic heterocycles. The first kappa shape index (κ1) is 15.1. The zero-order chi connectivity index (χ0) is 16.5. The Hall–Kier alpha value is -2.50. The molecule has 0 aliphatic carbocycles. The molecule has 4 aromatic rings. The van der Waals surface area contributed by atoms with Gasteiger partial charge in [-0.15, -0.1) is 11.3 Å². The fourth-order valence-electron chi connectivity index (χ4n) is 3.02. The minimum absolute atomic E-state index is 0.0187. The van der Waals surface area contributed by atoms with Crippen molar-refractivity contribution in [1.29, 1.82) is 0 Å². The molecule has 0 radical (unpaired) electrons. The maximum atomic E-state index is 12.1. The molecule has 0 saturated carbocycles. The highest BCUT2D eigenvalue weighted by atomic mass is 32.1. The topological polar surface area (TPSA) is 37.6 Å². The first-order valence-electron chi connectivity index (χ1n) is 7.82. The molecular weight excluding hydrogens is 318 g/mol. The zero-order valence-electron chi connectivity index (χ0n) is 13.3. The molecule has 24 heavy (non-hydrogen) atoms. The minimum atomic E-state index is -0.0187. The van der Waals surface area contributed by atoms with Gasteiger partial charge in [-0.1, -0.05) is 42.5 Å². The Kier molecular flexibility index (Phi) is 3.88. The first-order chi connectivity index (χ1) is 11.7. The van der Waals surface area contributed by atoms with E-state index in [-0.39, 0.29) is 5.56 Å². The van der Waals surface area contributed by atoms with Crippen LogP contribution in [0.4, 0.5) is 0 Å². The molecule has 0 unspecified atom stereocenters. The maximum Gasteiger partial charge on any atom is 0.258 e. The molecule has 2 aromatic carbocycles. The normalized spacial score (nSPS) is 11.6. The SMILES string of the molecule is CN(Cc1cc(=O)n2ccsc2n1)Cc1cccc2ccccc12. The van der Waals surface area contributed by atoms with Gasteiger partial charge in [0.25, 0.3) is 5.56 Å². The minimum Gasteiger partial charge on any atom is -0.296 e. The summed E-state index contributed by atoms with van der Waals surface area (Å²) in [6.45, 7) is 1.46. The van der Waals surface area contributed by atoms with Gasteiger partial charge < -0.3 is 0 Å². The van der Waals surface area contributed by atoms with Crippen LogP contribution in [0.15, 0.2) is 64.9 Å². The zero-order valence-corrected chi connectivity index (χ0v) is 14.2. The van der Waals surface area contributed by atoms with Crippen LogP contribution >= 0.6 is 11.3 Å². The van der Waals surface area contributed by atoms with Gasteiger partial charge >= 0.3 is 0 Å². The van der Waals surface area contributed by atoms with Crippen LogP contribution in [0.3, 0.4) is 0 Å². The van der Waals surface area contributed by atoms with Gasteiger partial charge in [0.15, 0.2) is 4.96 Å². The lowest BCUT2D eigenvalue weighted by Gasteiger charge is -2.17. The Labute approximate surface area is 143 Å². The fourth-order valence-corrected chi connectivity index (χ4v) is 3.76. The molecule has 0 bridgehead atoms. The quantitative estimate of drug-likeness (QED) is 0.572. The Bertz CT molecular complexity index is 1060. The van der Waals surface area contributed by atoms with Crippen LogP contribution in [0, 0.1) is 0 Å². The highest BCUT2D eigenvalue weighted by molar-refractivity contribution is 7.15. The summed E-state index contributed by atoms with van der Waals surface area (Å²) in [4.78, 5) is 19.6. The predicted octanol–water partition coefficient (Wildman–Crippen LogP) is 3.54. The summed E-state index contributed by atoms with van der Waals surface area (Å²) in [7, 11) is 2.06. The number of rotatable bonds is 4. The lowest BCUT2D eigenvalue weighted by molar-refractivity contribution is 0.316. The van der Waals surface area contributed by atoms with E-state index in [9.17, 15) is 4.79 Å². The third-order valence-corrected chi connectivity index (χ3v) is 4.86. The summed E-state index contributed by atoms with van der Waals surface area (Å²) in [6, 6.07) is 16.4. The lowest BCUT2D eigenvalue weighted by atomic mass is 10.0. The first-order valence-corrected chi connectivity index (χ1v) is 8.70. The van der Waals surface area contributed by atoms with Crippen LogP contribution in [-0.4, -0.2) is 21.3 Å². The third-order valence-electron chi connectivity index (χ3n) is 4.11. The van der Waals surface area contributed by atoms with Crippen LogP contribution < -0.4 is 5.56 Å². The number of nitrogens with zero attached hydrogens (tertiary/aromatic N) is 3. The van der Waals surface area contributed by atoms with E-state index in [1.807, 2.05) is 5.38 Å². The van der Waals surface area contributed by atoms with Gasteiger partial charge in [0, 0.05) is 30.7 Å². The maximum absolute atomic E-state index is 12.1. The molecule has 0 N–H and O–H groups in total. The summed E-state index contributed by atoms with van der Waals surface area (Å²) in [5.74, 6) is 0. The number of hydrogen-bond acceptors (Lipinski definition) is 4. The van der Waals surface area contributed by atoms with Crippen molar-refractivity contribution < 1.29 is 0 Å².